The van der Waals surface area contributed by atoms with Gasteiger partial charge in [0.2, 0.25) is 5.91 Å². The largest absolute Gasteiger partial charge is 0.399 e. The van der Waals surface area contributed by atoms with Gasteiger partial charge in [0.05, 0.1) is 5.75 Å². The summed E-state index contributed by atoms with van der Waals surface area (Å²) < 4.78 is 23.9. The molecule has 0 aliphatic heterocycles. The minimum Gasteiger partial charge on any atom is -0.399 e. The molecule has 1 aromatic carbocycles. The lowest BCUT2D eigenvalue weighted by Gasteiger charge is -2.14. The SMILES string of the molecule is CC(C)CS(=O)(=O)C(C)C(=O)Nc1cccc(N)c1. The molecule has 0 bridgehead atoms. The summed E-state index contributed by atoms with van der Waals surface area (Å²) >= 11 is 0. The van der Waals surface area contributed by atoms with Gasteiger partial charge < -0.3 is 11.1 Å². The smallest absolute Gasteiger partial charge is 0.242 e. The van der Waals surface area contributed by atoms with Gasteiger partial charge in [0, 0.05) is 11.4 Å². The molecule has 1 atom stereocenters. The van der Waals surface area contributed by atoms with Crippen molar-refractivity contribution in [3.05, 3.63) is 24.3 Å². The van der Waals surface area contributed by atoms with Crippen molar-refractivity contribution in [2.24, 2.45) is 5.92 Å². The van der Waals surface area contributed by atoms with Crippen molar-refractivity contribution < 1.29 is 13.2 Å². The second-order valence-corrected chi connectivity index (χ2v) is 7.35. The molecule has 6 heteroatoms. The second-order valence-electron chi connectivity index (χ2n) is 4.98. The highest BCUT2D eigenvalue weighted by molar-refractivity contribution is 7.92. The number of carbonyl (C=O) groups is 1. The van der Waals surface area contributed by atoms with Crippen LogP contribution in [0.3, 0.4) is 0 Å². The molecule has 0 heterocycles. The van der Waals surface area contributed by atoms with Crippen LogP contribution in [0.5, 0.6) is 0 Å². The van der Waals surface area contributed by atoms with Crippen LogP contribution >= 0.6 is 0 Å². The Bertz CT molecular complexity index is 553. The van der Waals surface area contributed by atoms with E-state index in [1.54, 1.807) is 38.1 Å². The van der Waals surface area contributed by atoms with Crippen LogP contribution in [0.2, 0.25) is 0 Å². The number of benzene rings is 1. The standard InChI is InChI=1S/C13H20N2O3S/c1-9(2)8-19(17,18)10(3)13(16)15-12-6-4-5-11(14)7-12/h4-7,9-10H,8,14H2,1-3H3,(H,15,16). The first-order valence-corrected chi connectivity index (χ1v) is 7.82. The van der Waals surface area contributed by atoms with E-state index in [-0.39, 0.29) is 11.7 Å². The Morgan fingerprint density at radius 3 is 2.47 bits per heavy atom. The highest BCUT2D eigenvalue weighted by Gasteiger charge is 2.28. The summed E-state index contributed by atoms with van der Waals surface area (Å²) in [6.45, 7) is 5.01. The molecule has 1 aromatic rings. The fourth-order valence-corrected chi connectivity index (χ4v) is 3.24. The van der Waals surface area contributed by atoms with Crippen molar-refractivity contribution in [2.75, 3.05) is 16.8 Å². The zero-order valence-corrected chi connectivity index (χ0v) is 12.2. The number of nitrogens with two attached hydrogens (primary N) is 1. The van der Waals surface area contributed by atoms with E-state index < -0.39 is 21.0 Å². The molecule has 0 spiro atoms. The lowest BCUT2D eigenvalue weighted by Crippen LogP contribution is -2.35. The molecule has 1 rings (SSSR count). The number of rotatable bonds is 5. The van der Waals surface area contributed by atoms with E-state index in [0.717, 1.165) is 0 Å². The monoisotopic (exact) mass is 284 g/mol. The van der Waals surface area contributed by atoms with Gasteiger partial charge in [-0.25, -0.2) is 8.42 Å². The minimum atomic E-state index is -3.43. The number of nitrogens with one attached hydrogen (secondary N) is 1. The highest BCUT2D eigenvalue weighted by atomic mass is 32.2. The second kappa shape index (κ2) is 6.06. The van der Waals surface area contributed by atoms with Gasteiger partial charge in [0.1, 0.15) is 5.25 Å². The van der Waals surface area contributed by atoms with Gasteiger partial charge in [0.15, 0.2) is 9.84 Å². The molecule has 0 aliphatic rings. The Labute approximate surface area is 114 Å². The molecule has 0 aromatic heterocycles. The Morgan fingerprint density at radius 2 is 1.95 bits per heavy atom. The Balaban J connectivity index is 2.78. The lowest BCUT2D eigenvalue weighted by molar-refractivity contribution is -0.115. The molecular formula is C13H20N2O3S. The molecule has 1 unspecified atom stereocenters. The summed E-state index contributed by atoms with van der Waals surface area (Å²) in [4.78, 5) is 11.9. The van der Waals surface area contributed by atoms with E-state index in [1.807, 2.05) is 0 Å². The van der Waals surface area contributed by atoms with Crippen LogP contribution in [0.1, 0.15) is 20.8 Å². The minimum absolute atomic E-state index is 0.00147. The van der Waals surface area contributed by atoms with Gasteiger partial charge >= 0.3 is 0 Å². The van der Waals surface area contributed by atoms with Crippen molar-refractivity contribution >= 4 is 27.1 Å². The molecule has 19 heavy (non-hydrogen) atoms. The first kappa shape index (κ1) is 15.5. The molecule has 3 N–H and O–H groups in total. The number of nitrogen functional groups attached to an aromatic ring is 1. The first-order valence-electron chi connectivity index (χ1n) is 6.10. The molecule has 5 nitrogen and oxygen atoms in total. The van der Waals surface area contributed by atoms with Crippen molar-refractivity contribution in [1.82, 2.24) is 0 Å². The summed E-state index contributed by atoms with van der Waals surface area (Å²) in [6, 6.07) is 6.63. The zero-order valence-electron chi connectivity index (χ0n) is 11.4. The van der Waals surface area contributed by atoms with Crippen LogP contribution in [0.15, 0.2) is 24.3 Å². The third-order valence-electron chi connectivity index (χ3n) is 2.63. The quantitative estimate of drug-likeness (QED) is 0.805. The maximum Gasteiger partial charge on any atom is 0.242 e. The summed E-state index contributed by atoms with van der Waals surface area (Å²) in [7, 11) is -3.43. The maximum atomic E-state index is 12.0. The Morgan fingerprint density at radius 1 is 1.32 bits per heavy atom. The van der Waals surface area contributed by atoms with Gasteiger partial charge in [-0.05, 0) is 31.0 Å². The summed E-state index contributed by atoms with van der Waals surface area (Å²) in [5.74, 6) is -0.544. The fourth-order valence-electron chi connectivity index (χ4n) is 1.63. The molecule has 0 radical (unpaired) electrons. The molecule has 0 aliphatic carbocycles. The lowest BCUT2D eigenvalue weighted by atomic mass is 10.3. The van der Waals surface area contributed by atoms with Crippen LogP contribution in [-0.4, -0.2) is 25.3 Å². The van der Waals surface area contributed by atoms with Crippen LogP contribution in [0.4, 0.5) is 11.4 Å². The number of hydrogen-bond acceptors (Lipinski definition) is 4. The molecule has 106 valence electrons. The van der Waals surface area contributed by atoms with E-state index >= 15 is 0 Å². The molecular weight excluding hydrogens is 264 g/mol. The number of anilines is 2. The zero-order chi connectivity index (χ0) is 14.6. The van der Waals surface area contributed by atoms with E-state index in [9.17, 15) is 13.2 Å². The van der Waals surface area contributed by atoms with E-state index in [0.29, 0.717) is 11.4 Å². The Hall–Kier alpha value is -1.56. The van der Waals surface area contributed by atoms with Gasteiger partial charge in [-0.15, -0.1) is 0 Å². The van der Waals surface area contributed by atoms with Crippen molar-refractivity contribution in [3.8, 4) is 0 Å². The number of amides is 1. The fraction of sp³-hybridized carbons (Fsp3) is 0.462. The predicted octanol–water partition coefficient (Wildman–Crippen LogP) is 1.67. The Kier molecular flexibility index (Phi) is 4.94. The third-order valence-corrected chi connectivity index (χ3v) is 5.05. The van der Waals surface area contributed by atoms with Crippen LogP contribution in [-0.2, 0) is 14.6 Å². The normalized spacial score (nSPS) is 13.3. The first-order chi connectivity index (χ1) is 8.72. The number of carbonyl (C=O) groups excluding carboxylic acids is 1. The van der Waals surface area contributed by atoms with Crippen LogP contribution in [0, 0.1) is 5.92 Å². The van der Waals surface area contributed by atoms with Crippen molar-refractivity contribution in [3.63, 3.8) is 0 Å². The number of hydrogen-bond donors (Lipinski definition) is 2. The predicted molar refractivity (Wildman–Crippen MR) is 77.6 cm³/mol. The third kappa shape index (κ3) is 4.55. The number of sulfone groups is 1. The van der Waals surface area contributed by atoms with Gasteiger partial charge in [0.25, 0.3) is 0 Å². The van der Waals surface area contributed by atoms with Crippen LogP contribution in [0.25, 0.3) is 0 Å². The van der Waals surface area contributed by atoms with E-state index in [2.05, 4.69) is 5.32 Å². The topological polar surface area (TPSA) is 89.3 Å². The van der Waals surface area contributed by atoms with Crippen LogP contribution < -0.4 is 11.1 Å². The maximum absolute atomic E-state index is 12.0. The van der Waals surface area contributed by atoms with Crippen molar-refractivity contribution in [2.45, 2.75) is 26.0 Å². The highest BCUT2D eigenvalue weighted by Crippen LogP contribution is 2.14. The summed E-state index contributed by atoms with van der Waals surface area (Å²) in [5.41, 5.74) is 6.60. The van der Waals surface area contributed by atoms with Gasteiger partial charge in [-0.2, -0.15) is 0 Å². The average molecular weight is 284 g/mol. The van der Waals surface area contributed by atoms with Gasteiger partial charge in [-0.3, -0.25) is 4.79 Å². The molecule has 0 fully saturated rings. The summed E-state index contributed by atoms with van der Waals surface area (Å²) in [6.07, 6.45) is 0. The average Bonchev–Trinajstić information content (AvgIpc) is 2.26. The van der Waals surface area contributed by atoms with E-state index in [1.165, 1.54) is 6.92 Å². The van der Waals surface area contributed by atoms with Gasteiger partial charge in [-0.1, -0.05) is 19.9 Å². The molecule has 1 amide bonds. The molecule has 0 saturated heterocycles. The molecule has 0 saturated carbocycles. The van der Waals surface area contributed by atoms with E-state index in [4.69, 9.17) is 5.73 Å². The van der Waals surface area contributed by atoms with Crippen molar-refractivity contribution in [1.29, 1.82) is 0 Å². The summed E-state index contributed by atoms with van der Waals surface area (Å²) in [5, 5.41) is 1.49.